The van der Waals surface area contributed by atoms with Crippen LogP contribution in [0, 0.1) is 41.5 Å². The van der Waals surface area contributed by atoms with Gasteiger partial charge in [-0.1, -0.05) is 12.1 Å². The molecule has 0 spiro atoms. The van der Waals surface area contributed by atoms with Gasteiger partial charge in [0.1, 0.15) is 0 Å². The van der Waals surface area contributed by atoms with Crippen molar-refractivity contribution >= 4 is 0 Å². The van der Waals surface area contributed by atoms with Crippen molar-refractivity contribution in [2.24, 2.45) is 0 Å². The van der Waals surface area contributed by atoms with Gasteiger partial charge >= 0.3 is 0 Å². The summed E-state index contributed by atoms with van der Waals surface area (Å²) in [5.41, 5.74) is 14.3. The molecule has 4 rings (SSSR count). The highest BCUT2D eigenvalue weighted by Crippen LogP contribution is 2.38. The van der Waals surface area contributed by atoms with Crippen LogP contribution < -0.4 is 0 Å². The van der Waals surface area contributed by atoms with E-state index in [4.69, 9.17) is 9.47 Å². The summed E-state index contributed by atoms with van der Waals surface area (Å²) in [6, 6.07) is 4.68. The Hall–Kier alpha value is -1.64. The topological polar surface area (TPSA) is 25.1 Å². The second-order valence-electron chi connectivity index (χ2n) is 8.19. The summed E-state index contributed by atoms with van der Waals surface area (Å²) in [5, 5.41) is 0. The average Bonchev–Trinajstić information content (AvgIpc) is 3.52. The van der Waals surface area contributed by atoms with Crippen LogP contribution in [0.25, 0.3) is 11.1 Å². The fraction of sp³-hybridized carbons (Fsp3) is 0.500. The van der Waals surface area contributed by atoms with Gasteiger partial charge in [0.2, 0.25) is 0 Å². The minimum Gasteiger partial charge on any atom is -0.373 e. The zero-order chi connectivity index (χ0) is 18.6. The quantitative estimate of drug-likeness (QED) is 0.702. The third-order valence-electron chi connectivity index (χ3n) is 6.65. The van der Waals surface area contributed by atoms with Gasteiger partial charge in [-0.3, -0.25) is 0 Å². The molecule has 2 heterocycles. The summed E-state index contributed by atoms with van der Waals surface area (Å²) in [7, 11) is 0. The monoisotopic (exact) mass is 350 g/mol. The first-order valence-corrected chi connectivity index (χ1v) is 9.80. The van der Waals surface area contributed by atoms with Crippen molar-refractivity contribution in [3.8, 4) is 11.1 Å². The molecule has 0 amide bonds. The van der Waals surface area contributed by atoms with Crippen LogP contribution in [0.5, 0.6) is 0 Å². The SMILES string of the molecule is Cc1c(C)c(C)c(-c2ccc(CC3CO3)c(CC3CO3)c2C)c(C)c1C. The molecule has 2 heteroatoms. The molecule has 2 aliphatic heterocycles. The summed E-state index contributed by atoms with van der Waals surface area (Å²) in [6.07, 6.45) is 2.90. The lowest BCUT2D eigenvalue weighted by Crippen LogP contribution is -2.07. The van der Waals surface area contributed by atoms with Gasteiger partial charge < -0.3 is 9.47 Å². The molecule has 2 fully saturated rings. The molecule has 2 unspecified atom stereocenters. The summed E-state index contributed by atoms with van der Waals surface area (Å²) < 4.78 is 11.1. The molecule has 2 aliphatic rings. The fourth-order valence-electron chi connectivity index (χ4n) is 4.31. The largest absolute Gasteiger partial charge is 0.373 e. The standard InChI is InChI=1S/C24H30O2/c1-13-14(2)16(4)24(17(5)15(13)3)22-8-7-19(9-20-11-25-20)23(18(22)6)10-21-12-26-21/h7-8,20-21H,9-12H2,1-6H3. The number of ether oxygens (including phenoxy) is 2. The number of hydrogen-bond acceptors (Lipinski definition) is 2. The van der Waals surface area contributed by atoms with Crippen LogP contribution in [0.4, 0.5) is 0 Å². The van der Waals surface area contributed by atoms with E-state index < -0.39 is 0 Å². The molecule has 0 aromatic heterocycles. The predicted octanol–water partition coefficient (Wildman–Crippen LogP) is 5.09. The van der Waals surface area contributed by atoms with Gasteiger partial charge in [0.15, 0.2) is 0 Å². The van der Waals surface area contributed by atoms with Crippen molar-refractivity contribution in [1.82, 2.24) is 0 Å². The molecular weight excluding hydrogens is 320 g/mol. The Labute approximate surface area is 157 Å². The lowest BCUT2D eigenvalue weighted by Gasteiger charge is -2.22. The molecule has 26 heavy (non-hydrogen) atoms. The van der Waals surface area contributed by atoms with Crippen LogP contribution in [0.15, 0.2) is 12.1 Å². The van der Waals surface area contributed by atoms with Crippen molar-refractivity contribution in [3.63, 3.8) is 0 Å². The maximum atomic E-state index is 5.56. The van der Waals surface area contributed by atoms with Crippen LogP contribution in [0.3, 0.4) is 0 Å². The van der Waals surface area contributed by atoms with E-state index in [1.165, 1.54) is 55.6 Å². The summed E-state index contributed by atoms with van der Waals surface area (Å²) in [4.78, 5) is 0. The van der Waals surface area contributed by atoms with Gasteiger partial charge in [-0.25, -0.2) is 0 Å². The van der Waals surface area contributed by atoms with Crippen LogP contribution in [-0.4, -0.2) is 25.4 Å². The maximum Gasteiger partial charge on any atom is 0.0850 e. The van der Waals surface area contributed by atoms with Gasteiger partial charge in [0.05, 0.1) is 25.4 Å². The zero-order valence-electron chi connectivity index (χ0n) is 17.0. The van der Waals surface area contributed by atoms with Crippen LogP contribution >= 0.6 is 0 Å². The maximum absolute atomic E-state index is 5.56. The molecule has 0 N–H and O–H groups in total. The van der Waals surface area contributed by atoms with Gasteiger partial charge in [-0.15, -0.1) is 0 Å². The lowest BCUT2D eigenvalue weighted by molar-refractivity contribution is 0.401. The third-order valence-corrected chi connectivity index (χ3v) is 6.65. The van der Waals surface area contributed by atoms with Crippen molar-refractivity contribution in [1.29, 1.82) is 0 Å². The van der Waals surface area contributed by atoms with Gasteiger partial charge in [-0.2, -0.15) is 0 Å². The third kappa shape index (κ3) is 3.10. The molecule has 138 valence electrons. The molecule has 2 saturated heterocycles. The molecule has 2 nitrogen and oxygen atoms in total. The first-order valence-electron chi connectivity index (χ1n) is 9.80. The number of benzene rings is 2. The summed E-state index contributed by atoms with van der Waals surface area (Å²) in [6.45, 7) is 15.4. The smallest absolute Gasteiger partial charge is 0.0850 e. The van der Waals surface area contributed by atoms with Gasteiger partial charge in [0, 0.05) is 12.8 Å². The Bertz CT molecular complexity index is 842. The minimum atomic E-state index is 0.409. The Morgan fingerprint density at radius 2 is 1.19 bits per heavy atom. The van der Waals surface area contributed by atoms with Crippen molar-refractivity contribution in [2.75, 3.05) is 13.2 Å². The van der Waals surface area contributed by atoms with E-state index in [1.54, 1.807) is 0 Å². The molecule has 0 aliphatic carbocycles. The van der Waals surface area contributed by atoms with Crippen molar-refractivity contribution < 1.29 is 9.47 Å². The second-order valence-corrected chi connectivity index (χ2v) is 8.19. The Balaban J connectivity index is 1.87. The van der Waals surface area contributed by atoms with Crippen molar-refractivity contribution in [3.05, 3.63) is 56.6 Å². The molecular formula is C24H30O2. The van der Waals surface area contributed by atoms with E-state index in [1.807, 2.05) is 0 Å². The van der Waals surface area contributed by atoms with E-state index in [9.17, 15) is 0 Å². The molecule has 0 radical (unpaired) electrons. The highest BCUT2D eigenvalue weighted by molar-refractivity contribution is 5.78. The first-order chi connectivity index (χ1) is 12.4. The van der Waals surface area contributed by atoms with Crippen molar-refractivity contribution in [2.45, 2.75) is 66.6 Å². The van der Waals surface area contributed by atoms with E-state index in [0.717, 1.165) is 26.1 Å². The van der Waals surface area contributed by atoms with Gasteiger partial charge in [0.25, 0.3) is 0 Å². The number of hydrogen-bond donors (Lipinski definition) is 0. The molecule has 0 bridgehead atoms. The summed E-state index contributed by atoms with van der Waals surface area (Å²) in [5.74, 6) is 0. The highest BCUT2D eigenvalue weighted by atomic mass is 16.6. The minimum absolute atomic E-state index is 0.409. The Kier molecular flexibility index (Phi) is 4.45. The Morgan fingerprint density at radius 3 is 1.73 bits per heavy atom. The number of epoxide rings is 2. The molecule has 0 saturated carbocycles. The zero-order valence-corrected chi connectivity index (χ0v) is 17.0. The van der Waals surface area contributed by atoms with E-state index in [-0.39, 0.29) is 0 Å². The molecule has 2 atom stereocenters. The van der Waals surface area contributed by atoms with Crippen LogP contribution in [-0.2, 0) is 22.3 Å². The molecule has 2 aromatic carbocycles. The normalized spacial score (nSPS) is 21.2. The van der Waals surface area contributed by atoms with Crippen LogP contribution in [0.1, 0.15) is 44.5 Å². The lowest BCUT2D eigenvalue weighted by atomic mass is 9.82. The highest BCUT2D eigenvalue weighted by Gasteiger charge is 2.29. The van der Waals surface area contributed by atoms with Crippen LogP contribution in [0.2, 0.25) is 0 Å². The average molecular weight is 351 g/mol. The fourth-order valence-corrected chi connectivity index (χ4v) is 4.31. The first kappa shape index (κ1) is 17.8. The second kappa shape index (κ2) is 6.51. The van der Waals surface area contributed by atoms with E-state index >= 15 is 0 Å². The predicted molar refractivity (Wildman–Crippen MR) is 107 cm³/mol. The Morgan fingerprint density at radius 1 is 0.692 bits per heavy atom. The van der Waals surface area contributed by atoms with E-state index in [2.05, 4.69) is 53.7 Å². The van der Waals surface area contributed by atoms with Gasteiger partial charge in [-0.05, 0) is 97.2 Å². The number of rotatable bonds is 5. The van der Waals surface area contributed by atoms with E-state index in [0.29, 0.717) is 12.2 Å². The molecule has 2 aromatic rings. The summed E-state index contributed by atoms with van der Waals surface area (Å²) >= 11 is 0.